The van der Waals surface area contributed by atoms with E-state index in [2.05, 4.69) is 24.8 Å². The fourth-order valence-corrected chi connectivity index (χ4v) is 3.89. The zero-order valence-corrected chi connectivity index (χ0v) is 18.1. The highest BCUT2D eigenvalue weighted by Crippen LogP contribution is 2.39. The quantitative estimate of drug-likeness (QED) is 0.230. The Morgan fingerprint density at radius 3 is 2.91 bits per heavy atom. The highest BCUT2D eigenvalue weighted by atomic mass is 31.2. The number of rotatable bonds is 7. The van der Waals surface area contributed by atoms with Crippen LogP contribution in [-0.4, -0.2) is 61.1 Å². The van der Waals surface area contributed by atoms with Crippen LogP contribution in [0.4, 0.5) is 11.6 Å². The third-order valence-electron chi connectivity index (χ3n) is 5.02. The van der Waals surface area contributed by atoms with Gasteiger partial charge < -0.3 is 30.3 Å². The number of phosphoric acid groups is 1. The second kappa shape index (κ2) is 8.92. The molecule has 33 heavy (non-hydrogen) atoms. The number of esters is 1. The second-order valence-corrected chi connectivity index (χ2v) is 8.41. The molecule has 176 valence electrons. The van der Waals surface area contributed by atoms with E-state index in [1.807, 2.05) is 0 Å². The highest BCUT2D eigenvalue weighted by Gasteiger charge is 2.41. The fraction of sp³-hybridized carbons (Fsp3) is 0.333. The second-order valence-electron chi connectivity index (χ2n) is 7.17. The van der Waals surface area contributed by atoms with Crippen LogP contribution in [-0.2, 0) is 18.6 Å². The Labute approximate surface area is 185 Å². The first-order valence-electron chi connectivity index (χ1n) is 9.72. The minimum atomic E-state index is -4.81. The maximum Gasteiger partial charge on any atom is 0.469 e. The van der Waals surface area contributed by atoms with Crippen molar-refractivity contribution < 1.29 is 33.1 Å². The molecule has 4 rings (SSSR count). The third kappa shape index (κ3) is 4.89. The summed E-state index contributed by atoms with van der Waals surface area (Å²) in [5.74, 6) is -0.787. The van der Waals surface area contributed by atoms with E-state index in [1.54, 1.807) is 31.3 Å². The van der Waals surface area contributed by atoms with Gasteiger partial charge in [-0.2, -0.15) is 4.98 Å². The number of ether oxygens (including phenoxy) is 2. The molecular formula is C18H21N6O8P. The monoisotopic (exact) mass is 480 g/mol. The predicted molar refractivity (Wildman–Crippen MR) is 114 cm³/mol. The summed E-state index contributed by atoms with van der Waals surface area (Å²) in [6.07, 6.45) is -1.40. The van der Waals surface area contributed by atoms with Crippen molar-refractivity contribution >= 4 is 36.6 Å². The topological polar surface area (TPSA) is 204 Å². The number of carbonyl (C=O) groups excluding carboxylic acids is 1. The molecule has 1 saturated heterocycles. The van der Waals surface area contributed by atoms with Gasteiger partial charge in [0.1, 0.15) is 18.4 Å². The number of hydrogen-bond donors (Lipinski definition) is 5. The third-order valence-corrected chi connectivity index (χ3v) is 5.51. The molecule has 0 spiro atoms. The first-order chi connectivity index (χ1) is 15.7. The van der Waals surface area contributed by atoms with Crippen molar-refractivity contribution in [2.24, 2.45) is 0 Å². The SMILES string of the molecule is CNc1ccccc1C(=O)O[C@H]1C[C@H](n2cnc3c(=O)[nH]c(N)nc32)O[C@@H]1COP(=O)(O)O. The van der Waals surface area contributed by atoms with E-state index in [0.29, 0.717) is 5.69 Å². The van der Waals surface area contributed by atoms with Gasteiger partial charge in [-0.15, -0.1) is 0 Å². The van der Waals surface area contributed by atoms with Crippen molar-refractivity contribution in [3.63, 3.8) is 0 Å². The number of carbonyl (C=O) groups is 1. The molecular weight excluding hydrogens is 459 g/mol. The minimum absolute atomic E-state index is 0.0270. The normalized spacial score (nSPS) is 20.8. The number of nitrogen functional groups attached to an aromatic ring is 1. The molecule has 0 saturated carbocycles. The molecule has 1 aromatic carbocycles. The predicted octanol–water partition coefficient (Wildman–Crippen LogP) is 0.366. The molecule has 2 aromatic heterocycles. The van der Waals surface area contributed by atoms with Crippen molar-refractivity contribution in [1.82, 2.24) is 19.5 Å². The summed E-state index contributed by atoms with van der Waals surface area (Å²) in [6, 6.07) is 6.69. The van der Waals surface area contributed by atoms with Crippen LogP contribution < -0.4 is 16.6 Å². The van der Waals surface area contributed by atoms with Crippen molar-refractivity contribution in [2.45, 2.75) is 24.9 Å². The number of imidazole rings is 1. The Morgan fingerprint density at radius 2 is 2.18 bits per heavy atom. The van der Waals surface area contributed by atoms with Crippen LogP contribution in [0.15, 0.2) is 35.4 Å². The summed E-state index contributed by atoms with van der Waals surface area (Å²) in [4.78, 5) is 53.5. The van der Waals surface area contributed by atoms with Crippen molar-refractivity contribution in [2.75, 3.05) is 24.7 Å². The standard InChI is InChI=1S/C18H21N6O8P/c1-20-10-5-3-2-4-9(10)17(26)32-11-6-13(31-12(11)7-30-33(27,28)29)24-8-21-14-15(24)22-18(19)23-16(14)25/h2-5,8,11-13,20H,6-7H2,1H3,(H2,27,28,29)(H3,19,22,23,25)/t11-,12+,13+/m0/s1. The van der Waals surface area contributed by atoms with Crippen molar-refractivity contribution in [3.8, 4) is 0 Å². The molecule has 1 aliphatic heterocycles. The number of benzene rings is 1. The molecule has 0 radical (unpaired) electrons. The summed E-state index contributed by atoms with van der Waals surface area (Å²) < 4.78 is 28.7. The van der Waals surface area contributed by atoms with Crippen LogP contribution in [0.5, 0.6) is 0 Å². The van der Waals surface area contributed by atoms with Crippen LogP contribution in [0.3, 0.4) is 0 Å². The molecule has 1 fully saturated rings. The number of nitrogens with two attached hydrogens (primary N) is 1. The number of aromatic nitrogens is 4. The fourth-order valence-electron chi connectivity index (χ4n) is 3.55. The Kier molecular flexibility index (Phi) is 6.19. The van der Waals surface area contributed by atoms with E-state index in [1.165, 1.54) is 10.9 Å². The van der Waals surface area contributed by atoms with E-state index in [9.17, 15) is 14.2 Å². The van der Waals surface area contributed by atoms with Gasteiger partial charge in [-0.3, -0.25) is 18.9 Å². The first-order valence-corrected chi connectivity index (χ1v) is 11.2. The van der Waals surface area contributed by atoms with Gasteiger partial charge in [0, 0.05) is 19.2 Å². The highest BCUT2D eigenvalue weighted by molar-refractivity contribution is 7.46. The van der Waals surface area contributed by atoms with Crippen molar-refractivity contribution in [3.05, 3.63) is 46.5 Å². The Bertz CT molecular complexity index is 1290. The Morgan fingerprint density at radius 1 is 1.42 bits per heavy atom. The first kappa shape index (κ1) is 22.9. The zero-order valence-electron chi connectivity index (χ0n) is 17.2. The Balaban J connectivity index is 1.61. The lowest BCUT2D eigenvalue weighted by molar-refractivity contribution is -0.0490. The van der Waals surface area contributed by atoms with Gasteiger partial charge in [0.2, 0.25) is 5.95 Å². The summed E-state index contributed by atoms with van der Waals surface area (Å²) in [5, 5.41) is 2.89. The smallest absolute Gasteiger partial charge is 0.456 e. The van der Waals surface area contributed by atoms with E-state index in [0.717, 1.165) is 0 Å². The number of nitrogens with zero attached hydrogens (tertiary/aromatic N) is 3. The van der Waals surface area contributed by atoms with Crippen LogP contribution in [0.1, 0.15) is 23.0 Å². The number of aromatic amines is 1. The Hall–Kier alpha value is -3.29. The van der Waals surface area contributed by atoms with E-state index < -0.39 is 44.4 Å². The summed E-state index contributed by atoms with van der Waals surface area (Å²) >= 11 is 0. The van der Waals surface area contributed by atoms with Crippen LogP contribution in [0.2, 0.25) is 0 Å². The number of para-hydroxylation sites is 1. The lowest BCUT2D eigenvalue weighted by atomic mass is 10.1. The molecule has 6 N–H and O–H groups in total. The van der Waals surface area contributed by atoms with Crippen molar-refractivity contribution in [1.29, 1.82) is 0 Å². The van der Waals surface area contributed by atoms with Gasteiger partial charge >= 0.3 is 13.8 Å². The number of hydrogen-bond acceptors (Lipinski definition) is 10. The van der Waals surface area contributed by atoms with E-state index in [4.69, 9.17) is 25.0 Å². The number of nitrogens with one attached hydrogen (secondary N) is 2. The lowest BCUT2D eigenvalue weighted by Crippen LogP contribution is -2.31. The molecule has 14 nitrogen and oxygen atoms in total. The molecule has 3 heterocycles. The summed E-state index contributed by atoms with van der Waals surface area (Å²) in [5.41, 5.74) is 6.07. The number of anilines is 2. The molecule has 0 bridgehead atoms. The lowest BCUT2D eigenvalue weighted by Gasteiger charge is -2.19. The van der Waals surface area contributed by atoms with Gasteiger partial charge in [0.25, 0.3) is 5.56 Å². The van der Waals surface area contributed by atoms with Gasteiger partial charge in [0.15, 0.2) is 11.2 Å². The maximum absolute atomic E-state index is 12.8. The number of fused-ring (bicyclic) bond motifs is 1. The molecule has 15 heteroatoms. The van der Waals surface area contributed by atoms with Crippen LogP contribution >= 0.6 is 7.82 Å². The minimum Gasteiger partial charge on any atom is -0.456 e. The molecule has 0 amide bonds. The molecule has 0 unspecified atom stereocenters. The van der Waals surface area contributed by atoms with Gasteiger partial charge in [-0.1, -0.05) is 12.1 Å². The van der Waals surface area contributed by atoms with Crippen LogP contribution in [0, 0.1) is 0 Å². The average molecular weight is 480 g/mol. The molecule has 3 atom stereocenters. The van der Waals surface area contributed by atoms with E-state index >= 15 is 0 Å². The number of phosphoric ester groups is 1. The van der Waals surface area contributed by atoms with Crippen LogP contribution in [0.25, 0.3) is 11.2 Å². The molecule has 0 aliphatic carbocycles. The van der Waals surface area contributed by atoms with Gasteiger partial charge in [-0.05, 0) is 12.1 Å². The average Bonchev–Trinajstić information content (AvgIpc) is 3.35. The maximum atomic E-state index is 12.8. The van der Waals surface area contributed by atoms with Gasteiger partial charge in [0.05, 0.1) is 18.5 Å². The largest absolute Gasteiger partial charge is 0.469 e. The molecule has 3 aromatic rings. The number of H-pyrrole nitrogens is 1. The summed E-state index contributed by atoms with van der Waals surface area (Å²) in [7, 11) is -3.15. The van der Waals surface area contributed by atoms with E-state index in [-0.39, 0.29) is 29.1 Å². The summed E-state index contributed by atoms with van der Waals surface area (Å²) in [6.45, 7) is -0.546. The van der Waals surface area contributed by atoms with Gasteiger partial charge in [-0.25, -0.2) is 14.3 Å². The zero-order chi connectivity index (χ0) is 23.8. The molecule has 1 aliphatic rings.